The van der Waals surface area contributed by atoms with E-state index in [0.717, 1.165) is 44.6 Å². The van der Waals surface area contributed by atoms with Gasteiger partial charge in [0.1, 0.15) is 5.60 Å². The molecular weight excluding hydrogens is 348 g/mol. The fourth-order valence-corrected chi connectivity index (χ4v) is 3.87. The number of carbonyl (C=O) groups is 1. The molecule has 0 radical (unpaired) electrons. The van der Waals surface area contributed by atoms with Gasteiger partial charge in [0.25, 0.3) is 5.91 Å². The highest BCUT2D eigenvalue weighted by Crippen LogP contribution is 2.35. The van der Waals surface area contributed by atoms with Gasteiger partial charge in [-0.05, 0) is 31.1 Å². The largest absolute Gasteiger partial charge is 0.480 e. The summed E-state index contributed by atoms with van der Waals surface area (Å²) in [6.07, 6.45) is 10.9. The normalized spacial score (nSPS) is 20.6. The van der Waals surface area contributed by atoms with Crippen LogP contribution in [-0.4, -0.2) is 42.6 Å². The van der Waals surface area contributed by atoms with Crippen molar-refractivity contribution in [3.05, 3.63) is 79.1 Å². The molecule has 2 saturated heterocycles. The Balaban J connectivity index is 1.61. The first-order valence-corrected chi connectivity index (χ1v) is 9.98. The predicted octanol–water partition coefficient (Wildman–Crippen LogP) is 4.48. The van der Waals surface area contributed by atoms with E-state index in [-0.39, 0.29) is 17.3 Å². The minimum absolute atomic E-state index is 0.135. The zero-order chi connectivity index (χ0) is 20.0. The van der Waals surface area contributed by atoms with Crippen molar-refractivity contribution in [2.24, 2.45) is 0 Å². The van der Waals surface area contributed by atoms with E-state index in [1.807, 2.05) is 54.3 Å². The molecule has 1 spiro atoms. The van der Waals surface area contributed by atoms with E-state index >= 15 is 0 Å². The zero-order valence-corrected chi connectivity index (χ0v) is 16.8. The number of para-hydroxylation sites is 1. The Kier molecular flexibility index (Phi) is 6.53. The van der Waals surface area contributed by atoms with Gasteiger partial charge in [-0.1, -0.05) is 55.7 Å². The highest BCUT2D eigenvalue weighted by Gasteiger charge is 2.45. The number of benzene rings is 1. The molecule has 4 nitrogen and oxygen atoms in total. The smallest absolute Gasteiger partial charge is 0.292 e. The molecule has 0 unspecified atom stereocenters. The molecule has 0 aromatic heterocycles. The number of amides is 1. The number of hydrogen-bond donors (Lipinski definition) is 0. The molecule has 2 aliphatic rings. The molecule has 1 amide bonds. The van der Waals surface area contributed by atoms with Gasteiger partial charge in [-0.25, -0.2) is 0 Å². The average molecular weight is 379 g/mol. The Labute approximate surface area is 168 Å². The van der Waals surface area contributed by atoms with Crippen LogP contribution in [0.4, 0.5) is 5.69 Å². The minimum atomic E-state index is -0.334. The fourth-order valence-electron chi connectivity index (χ4n) is 3.87. The van der Waals surface area contributed by atoms with Crippen LogP contribution in [0.15, 0.2) is 79.1 Å². The highest BCUT2D eigenvalue weighted by molar-refractivity contribution is 6.04. The van der Waals surface area contributed by atoms with Gasteiger partial charge < -0.3 is 14.5 Å². The van der Waals surface area contributed by atoms with Crippen LogP contribution in [0.2, 0.25) is 0 Å². The van der Waals surface area contributed by atoms with Crippen LogP contribution in [0, 0.1) is 0 Å². The Morgan fingerprint density at radius 1 is 1.25 bits per heavy atom. The number of carbonyl (C=O) groups excluding carboxylic acids is 1. The summed E-state index contributed by atoms with van der Waals surface area (Å²) in [4.78, 5) is 16.9. The van der Waals surface area contributed by atoms with Crippen molar-refractivity contribution >= 4 is 11.6 Å². The Bertz CT molecular complexity index is 771. The lowest BCUT2D eigenvalue weighted by Crippen LogP contribution is -2.58. The molecular formula is C24H30N2O2. The van der Waals surface area contributed by atoms with Gasteiger partial charge in [0.2, 0.25) is 0 Å². The molecule has 0 aliphatic carbocycles. The number of ether oxygens (including phenoxy) is 1. The first-order valence-electron chi connectivity index (χ1n) is 9.98. The molecule has 0 bridgehead atoms. The summed E-state index contributed by atoms with van der Waals surface area (Å²) < 4.78 is 6.08. The fraction of sp³-hybridized carbons (Fsp3) is 0.375. The van der Waals surface area contributed by atoms with E-state index in [4.69, 9.17) is 4.74 Å². The molecule has 2 fully saturated rings. The summed E-state index contributed by atoms with van der Waals surface area (Å²) in [7, 11) is 0. The lowest BCUT2D eigenvalue weighted by molar-refractivity contribution is -0.131. The van der Waals surface area contributed by atoms with Crippen LogP contribution in [0.5, 0.6) is 0 Å². The van der Waals surface area contributed by atoms with E-state index in [1.165, 1.54) is 5.57 Å². The molecule has 0 atom stereocenters. The standard InChI is InChI=1S/C24H30N2O2/c1-4-6-10-21(5-2)13-16-25-17-14-24(15-18-25)19-26(23(27)20(3)28-24)22-11-8-7-9-12-22/h4-12H,2-3,13-19H2,1H3/b6-4-,21-10+. The second-order valence-electron chi connectivity index (χ2n) is 7.50. The summed E-state index contributed by atoms with van der Waals surface area (Å²) >= 11 is 0. The Morgan fingerprint density at radius 3 is 2.61 bits per heavy atom. The number of allylic oxidation sites excluding steroid dienone is 4. The second-order valence-corrected chi connectivity index (χ2v) is 7.50. The quantitative estimate of drug-likeness (QED) is 0.541. The summed E-state index contributed by atoms with van der Waals surface area (Å²) in [6.45, 7) is 13.3. The summed E-state index contributed by atoms with van der Waals surface area (Å²) in [5.74, 6) is 0.121. The number of nitrogens with zero attached hydrogens (tertiary/aromatic N) is 2. The van der Waals surface area contributed by atoms with Crippen LogP contribution in [0.25, 0.3) is 0 Å². The molecule has 148 valence electrons. The van der Waals surface area contributed by atoms with E-state index in [1.54, 1.807) is 0 Å². The van der Waals surface area contributed by atoms with Crippen LogP contribution >= 0.6 is 0 Å². The first-order chi connectivity index (χ1) is 13.6. The van der Waals surface area contributed by atoms with E-state index < -0.39 is 0 Å². The summed E-state index contributed by atoms with van der Waals surface area (Å²) in [6, 6.07) is 9.79. The minimum Gasteiger partial charge on any atom is -0.480 e. The predicted molar refractivity (Wildman–Crippen MR) is 115 cm³/mol. The number of piperidine rings is 1. The number of rotatable bonds is 6. The van der Waals surface area contributed by atoms with Crippen LogP contribution in [-0.2, 0) is 9.53 Å². The monoisotopic (exact) mass is 378 g/mol. The second kappa shape index (κ2) is 9.07. The number of anilines is 1. The van der Waals surface area contributed by atoms with E-state index in [2.05, 4.69) is 30.2 Å². The Morgan fingerprint density at radius 2 is 1.96 bits per heavy atom. The molecule has 4 heteroatoms. The molecule has 0 saturated carbocycles. The topological polar surface area (TPSA) is 32.8 Å². The number of likely N-dealkylation sites (tertiary alicyclic amines) is 1. The molecule has 1 aromatic carbocycles. The average Bonchev–Trinajstić information content (AvgIpc) is 2.73. The first kappa shape index (κ1) is 20.2. The molecule has 2 aliphatic heterocycles. The van der Waals surface area contributed by atoms with Crippen molar-refractivity contribution in [2.75, 3.05) is 31.1 Å². The van der Waals surface area contributed by atoms with E-state index in [9.17, 15) is 4.79 Å². The third-order valence-corrected chi connectivity index (χ3v) is 5.59. The van der Waals surface area contributed by atoms with Gasteiger partial charge in [-0.15, -0.1) is 0 Å². The third-order valence-electron chi connectivity index (χ3n) is 5.59. The number of morpholine rings is 1. The lowest BCUT2D eigenvalue weighted by atomic mass is 9.88. The summed E-state index contributed by atoms with van der Waals surface area (Å²) in [5.41, 5.74) is 1.82. The maximum atomic E-state index is 12.6. The third kappa shape index (κ3) is 4.63. The van der Waals surface area contributed by atoms with Gasteiger partial charge in [0.05, 0.1) is 6.54 Å². The van der Waals surface area contributed by atoms with Gasteiger partial charge >= 0.3 is 0 Å². The van der Waals surface area contributed by atoms with Crippen molar-refractivity contribution in [3.8, 4) is 0 Å². The van der Waals surface area contributed by atoms with Gasteiger partial charge in [0.15, 0.2) is 5.76 Å². The van der Waals surface area contributed by atoms with Gasteiger partial charge in [0, 0.05) is 38.2 Å². The van der Waals surface area contributed by atoms with Gasteiger partial charge in [-0.2, -0.15) is 0 Å². The van der Waals surface area contributed by atoms with Crippen molar-refractivity contribution in [1.82, 2.24) is 4.90 Å². The highest BCUT2D eigenvalue weighted by atomic mass is 16.5. The Hall–Kier alpha value is -2.59. The SMILES string of the molecule is C=C/C(=C\C=C/C)CCN1CCC2(CC1)CN(c1ccccc1)C(=O)C(=C)O2. The zero-order valence-electron chi connectivity index (χ0n) is 16.8. The van der Waals surface area contributed by atoms with Crippen LogP contribution in [0.1, 0.15) is 26.2 Å². The van der Waals surface area contributed by atoms with Crippen LogP contribution in [0.3, 0.4) is 0 Å². The maximum Gasteiger partial charge on any atom is 0.292 e. The van der Waals surface area contributed by atoms with Crippen molar-refractivity contribution in [1.29, 1.82) is 0 Å². The van der Waals surface area contributed by atoms with Crippen LogP contribution < -0.4 is 4.90 Å². The molecule has 28 heavy (non-hydrogen) atoms. The molecule has 0 N–H and O–H groups in total. The number of hydrogen-bond acceptors (Lipinski definition) is 3. The molecule has 1 aromatic rings. The lowest BCUT2D eigenvalue weighted by Gasteiger charge is -2.47. The van der Waals surface area contributed by atoms with Crippen molar-refractivity contribution in [2.45, 2.75) is 31.8 Å². The van der Waals surface area contributed by atoms with Gasteiger partial charge in [-0.3, -0.25) is 4.79 Å². The van der Waals surface area contributed by atoms with Crippen molar-refractivity contribution < 1.29 is 9.53 Å². The summed E-state index contributed by atoms with van der Waals surface area (Å²) in [5, 5.41) is 0. The maximum absolute atomic E-state index is 12.6. The molecule has 2 heterocycles. The molecule has 3 rings (SSSR count). The van der Waals surface area contributed by atoms with E-state index in [0.29, 0.717) is 6.54 Å². The van der Waals surface area contributed by atoms with Crippen molar-refractivity contribution in [3.63, 3.8) is 0 Å².